The molecule has 15 heavy (non-hydrogen) atoms. The number of β-amino-alcohol motifs (C(OH)–C–C–N with tert-alkyl or cyclic N) is 1. The third kappa shape index (κ3) is 3.76. The zero-order valence-corrected chi connectivity index (χ0v) is 10.8. The first-order chi connectivity index (χ1) is 6.99. The monoisotopic (exact) mass is 213 g/mol. The van der Waals surface area contributed by atoms with Crippen molar-refractivity contribution in [3.05, 3.63) is 0 Å². The summed E-state index contributed by atoms with van der Waals surface area (Å²) >= 11 is 0. The minimum Gasteiger partial charge on any atom is -0.389 e. The van der Waals surface area contributed by atoms with E-state index < -0.39 is 5.60 Å². The van der Waals surface area contributed by atoms with Crippen molar-refractivity contribution in [2.75, 3.05) is 19.6 Å². The van der Waals surface area contributed by atoms with Gasteiger partial charge >= 0.3 is 0 Å². The number of hydrogen-bond donors (Lipinski definition) is 1. The zero-order valence-electron chi connectivity index (χ0n) is 10.8. The van der Waals surface area contributed by atoms with Gasteiger partial charge in [-0.1, -0.05) is 27.7 Å². The molecule has 0 radical (unpaired) electrons. The van der Waals surface area contributed by atoms with Crippen LogP contribution < -0.4 is 0 Å². The molecule has 2 atom stereocenters. The standard InChI is InChI=1S/C13H27NO/c1-5-13(15,6-2)10-14-8-11(3)7-12(4)9-14/h11-12,15H,5-10H2,1-4H3. The molecule has 0 bridgehead atoms. The Kier molecular flexibility index (Phi) is 4.60. The Morgan fingerprint density at radius 2 is 1.60 bits per heavy atom. The second-order valence-corrected chi connectivity index (χ2v) is 5.57. The Bertz CT molecular complexity index is 179. The van der Waals surface area contributed by atoms with Crippen LogP contribution in [0.5, 0.6) is 0 Å². The molecule has 1 rings (SSSR count). The van der Waals surface area contributed by atoms with E-state index in [1.54, 1.807) is 0 Å². The van der Waals surface area contributed by atoms with Crippen LogP contribution in [-0.2, 0) is 0 Å². The first-order valence-corrected chi connectivity index (χ1v) is 6.43. The molecule has 0 aromatic carbocycles. The topological polar surface area (TPSA) is 23.5 Å². The number of aliphatic hydroxyl groups is 1. The number of rotatable bonds is 4. The van der Waals surface area contributed by atoms with Crippen LogP contribution in [0.15, 0.2) is 0 Å². The third-order valence-corrected chi connectivity index (χ3v) is 3.78. The Hall–Kier alpha value is -0.0800. The normalized spacial score (nSPS) is 29.4. The maximum absolute atomic E-state index is 10.3. The van der Waals surface area contributed by atoms with Gasteiger partial charge in [0.05, 0.1) is 5.60 Å². The maximum Gasteiger partial charge on any atom is 0.0768 e. The van der Waals surface area contributed by atoms with Crippen LogP contribution in [0.2, 0.25) is 0 Å². The highest BCUT2D eigenvalue weighted by atomic mass is 16.3. The van der Waals surface area contributed by atoms with Crippen LogP contribution in [0.1, 0.15) is 47.0 Å². The molecule has 1 fully saturated rings. The van der Waals surface area contributed by atoms with Crippen molar-refractivity contribution in [3.8, 4) is 0 Å². The summed E-state index contributed by atoms with van der Waals surface area (Å²) < 4.78 is 0. The molecule has 1 saturated heterocycles. The third-order valence-electron chi connectivity index (χ3n) is 3.78. The van der Waals surface area contributed by atoms with Gasteiger partial charge in [0.25, 0.3) is 0 Å². The van der Waals surface area contributed by atoms with Crippen molar-refractivity contribution in [2.24, 2.45) is 11.8 Å². The lowest BCUT2D eigenvalue weighted by molar-refractivity contribution is -0.0189. The summed E-state index contributed by atoms with van der Waals surface area (Å²) in [5, 5.41) is 10.3. The largest absolute Gasteiger partial charge is 0.389 e. The van der Waals surface area contributed by atoms with E-state index in [4.69, 9.17) is 0 Å². The van der Waals surface area contributed by atoms with E-state index in [-0.39, 0.29) is 0 Å². The van der Waals surface area contributed by atoms with Gasteiger partial charge in [-0.15, -0.1) is 0 Å². The van der Waals surface area contributed by atoms with Gasteiger partial charge in [0.15, 0.2) is 0 Å². The molecule has 1 N–H and O–H groups in total. The molecule has 0 aromatic heterocycles. The van der Waals surface area contributed by atoms with Crippen molar-refractivity contribution in [1.82, 2.24) is 4.90 Å². The Morgan fingerprint density at radius 1 is 1.13 bits per heavy atom. The highest BCUT2D eigenvalue weighted by Crippen LogP contribution is 2.24. The summed E-state index contributed by atoms with van der Waals surface area (Å²) in [5.74, 6) is 1.57. The quantitative estimate of drug-likeness (QED) is 0.775. The van der Waals surface area contributed by atoms with Crippen LogP contribution in [0, 0.1) is 11.8 Å². The summed E-state index contributed by atoms with van der Waals surface area (Å²) in [7, 11) is 0. The first kappa shape index (κ1) is 13.0. The molecule has 2 unspecified atom stereocenters. The number of piperidine rings is 1. The molecule has 90 valence electrons. The van der Waals surface area contributed by atoms with Crippen LogP contribution in [-0.4, -0.2) is 35.2 Å². The van der Waals surface area contributed by atoms with Crippen LogP contribution in [0.4, 0.5) is 0 Å². The lowest BCUT2D eigenvalue weighted by atomic mass is 9.89. The second-order valence-electron chi connectivity index (χ2n) is 5.57. The Morgan fingerprint density at radius 3 is 2.00 bits per heavy atom. The van der Waals surface area contributed by atoms with Gasteiger partial charge in [-0.05, 0) is 31.1 Å². The SMILES string of the molecule is CCC(O)(CC)CN1CC(C)CC(C)C1. The summed E-state index contributed by atoms with van der Waals surface area (Å²) in [5.41, 5.74) is -0.462. The Labute approximate surface area is 94.7 Å². The molecule has 0 amide bonds. The zero-order chi connectivity index (χ0) is 11.5. The fourth-order valence-corrected chi connectivity index (χ4v) is 2.81. The lowest BCUT2D eigenvalue weighted by Crippen LogP contribution is -2.47. The van der Waals surface area contributed by atoms with Gasteiger partial charge < -0.3 is 5.11 Å². The average molecular weight is 213 g/mol. The smallest absolute Gasteiger partial charge is 0.0768 e. The molecule has 2 nitrogen and oxygen atoms in total. The van der Waals surface area contributed by atoms with Gasteiger partial charge in [-0.25, -0.2) is 0 Å². The first-order valence-electron chi connectivity index (χ1n) is 6.43. The highest BCUT2D eigenvalue weighted by molar-refractivity contribution is 4.83. The molecule has 2 heteroatoms. The van der Waals surface area contributed by atoms with E-state index >= 15 is 0 Å². The average Bonchev–Trinajstić information content (AvgIpc) is 2.16. The summed E-state index contributed by atoms with van der Waals surface area (Å²) in [6, 6.07) is 0. The van der Waals surface area contributed by atoms with Crippen LogP contribution in [0.25, 0.3) is 0 Å². The molecule has 0 aliphatic carbocycles. The molecule has 1 aliphatic heterocycles. The molecule has 1 aliphatic rings. The Balaban J connectivity index is 2.49. The predicted molar refractivity (Wildman–Crippen MR) is 64.9 cm³/mol. The number of hydrogen-bond acceptors (Lipinski definition) is 2. The summed E-state index contributed by atoms with van der Waals surface area (Å²) in [6.45, 7) is 12.0. The number of nitrogens with zero attached hydrogens (tertiary/aromatic N) is 1. The fraction of sp³-hybridized carbons (Fsp3) is 1.00. The van der Waals surface area contributed by atoms with Crippen molar-refractivity contribution < 1.29 is 5.11 Å². The molecule has 0 aromatic rings. The van der Waals surface area contributed by atoms with Crippen molar-refractivity contribution in [1.29, 1.82) is 0 Å². The van der Waals surface area contributed by atoms with Gasteiger partial charge in [0.2, 0.25) is 0 Å². The molecular weight excluding hydrogens is 186 g/mol. The van der Waals surface area contributed by atoms with E-state index in [1.165, 1.54) is 6.42 Å². The van der Waals surface area contributed by atoms with Crippen molar-refractivity contribution in [3.63, 3.8) is 0 Å². The van der Waals surface area contributed by atoms with Gasteiger partial charge in [0, 0.05) is 19.6 Å². The van der Waals surface area contributed by atoms with Crippen LogP contribution in [0.3, 0.4) is 0 Å². The summed E-state index contributed by atoms with van der Waals surface area (Å²) in [6.07, 6.45) is 3.07. The van der Waals surface area contributed by atoms with E-state index in [9.17, 15) is 5.11 Å². The predicted octanol–water partition coefficient (Wildman–Crippen LogP) is 2.52. The van der Waals surface area contributed by atoms with Gasteiger partial charge in [-0.2, -0.15) is 0 Å². The molecular formula is C13H27NO. The van der Waals surface area contributed by atoms with E-state index in [2.05, 4.69) is 32.6 Å². The second kappa shape index (κ2) is 5.31. The fourth-order valence-electron chi connectivity index (χ4n) is 2.81. The molecule has 0 spiro atoms. The van der Waals surface area contributed by atoms with E-state index in [0.29, 0.717) is 0 Å². The number of likely N-dealkylation sites (tertiary alicyclic amines) is 1. The lowest BCUT2D eigenvalue weighted by Gasteiger charge is -2.39. The summed E-state index contributed by atoms with van der Waals surface area (Å²) in [4.78, 5) is 2.45. The maximum atomic E-state index is 10.3. The van der Waals surface area contributed by atoms with Gasteiger partial charge in [0.1, 0.15) is 0 Å². The van der Waals surface area contributed by atoms with Gasteiger partial charge in [-0.3, -0.25) is 4.90 Å². The molecule has 0 saturated carbocycles. The van der Waals surface area contributed by atoms with Crippen molar-refractivity contribution >= 4 is 0 Å². The minimum absolute atomic E-state index is 0.462. The minimum atomic E-state index is -0.462. The highest BCUT2D eigenvalue weighted by Gasteiger charge is 2.29. The molecule has 1 heterocycles. The van der Waals surface area contributed by atoms with E-state index in [0.717, 1.165) is 44.3 Å². The van der Waals surface area contributed by atoms with E-state index in [1.807, 2.05) is 0 Å². The van der Waals surface area contributed by atoms with Crippen LogP contribution >= 0.6 is 0 Å². The van der Waals surface area contributed by atoms with Crippen molar-refractivity contribution in [2.45, 2.75) is 52.6 Å².